The van der Waals surface area contributed by atoms with Gasteiger partial charge in [0.2, 0.25) is 0 Å². The Labute approximate surface area is 108 Å². The van der Waals surface area contributed by atoms with E-state index in [1.165, 1.54) is 0 Å². The Kier molecular flexibility index (Phi) is 4.25. The zero-order chi connectivity index (χ0) is 13.0. The number of hydrogen-bond acceptors (Lipinski definition) is 3. The highest BCUT2D eigenvalue weighted by Crippen LogP contribution is 2.09. The number of nitrogens with zero attached hydrogens (tertiary/aromatic N) is 2. The van der Waals surface area contributed by atoms with Gasteiger partial charge in [0.05, 0.1) is 12.8 Å². The van der Waals surface area contributed by atoms with Crippen LogP contribution in [0.4, 0.5) is 4.79 Å². The molecule has 18 heavy (non-hydrogen) atoms. The Hall–Kier alpha value is -1.49. The first-order valence-corrected chi connectivity index (χ1v) is 6.45. The molecule has 1 aromatic heterocycles. The number of carbonyl (C=O) groups is 1. The molecule has 0 aromatic carbocycles. The summed E-state index contributed by atoms with van der Waals surface area (Å²) in [5.41, 5.74) is 0. The first-order valence-electron chi connectivity index (χ1n) is 6.45. The monoisotopic (exact) mass is 251 g/mol. The predicted molar refractivity (Wildman–Crippen MR) is 69.2 cm³/mol. The molecule has 1 saturated heterocycles. The molecule has 1 fully saturated rings. The summed E-state index contributed by atoms with van der Waals surface area (Å²) >= 11 is 0. The summed E-state index contributed by atoms with van der Waals surface area (Å²) in [6.07, 6.45) is 1.70. The molecule has 0 radical (unpaired) electrons. The minimum absolute atomic E-state index is 0.0441. The third kappa shape index (κ3) is 3.50. The van der Waals surface area contributed by atoms with Gasteiger partial charge in [-0.05, 0) is 26.0 Å². The highest BCUT2D eigenvalue weighted by atomic mass is 16.3. The molecule has 1 aliphatic rings. The zero-order valence-electron chi connectivity index (χ0n) is 11.1. The second-order valence-corrected chi connectivity index (χ2v) is 4.95. The maximum Gasteiger partial charge on any atom is 0.317 e. The normalized spacial score (nSPS) is 17.2. The van der Waals surface area contributed by atoms with Gasteiger partial charge < -0.3 is 14.6 Å². The van der Waals surface area contributed by atoms with Crippen molar-refractivity contribution in [2.24, 2.45) is 0 Å². The lowest BCUT2D eigenvalue weighted by atomic mass is 10.3. The second-order valence-electron chi connectivity index (χ2n) is 4.95. The minimum Gasteiger partial charge on any atom is -0.468 e. The minimum atomic E-state index is 0.0441. The van der Waals surface area contributed by atoms with Crippen LogP contribution in [0.1, 0.15) is 19.6 Å². The van der Waals surface area contributed by atoms with Crippen molar-refractivity contribution in [2.75, 3.05) is 26.2 Å². The van der Waals surface area contributed by atoms with Crippen molar-refractivity contribution in [3.05, 3.63) is 24.2 Å². The van der Waals surface area contributed by atoms with Crippen LogP contribution in [0, 0.1) is 0 Å². The molecule has 2 rings (SSSR count). The van der Waals surface area contributed by atoms with Gasteiger partial charge in [0.1, 0.15) is 5.76 Å². The molecule has 1 aliphatic heterocycles. The lowest BCUT2D eigenvalue weighted by molar-refractivity contribution is 0.129. The lowest BCUT2D eigenvalue weighted by Gasteiger charge is -2.34. The van der Waals surface area contributed by atoms with Gasteiger partial charge in [-0.25, -0.2) is 4.79 Å². The smallest absolute Gasteiger partial charge is 0.317 e. The van der Waals surface area contributed by atoms with Gasteiger partial charge in [-0.3, -0.25) is 4.90 Å². The van der Waals surface area contributed by atoms with Crippen molar-refractivity contribution in [2.45, 2.75) is 26.4 Å². The summed E-state index contributed by atoms with van der Waals surface area (Å²) in [7, 11) is 0. The average molecular weight is 251 g/mol. The van der Waals surface area contributed by atoms with E-state index in [1.807, 2.05) is 30.9 Å². The number of carbonyl (C=O) groups excluding carboxylic acids is 1. The maximum absolute atomic E-state index is 11.8. The van der Waals surface area contributed by atoms with E-state index < -0.39 is 0 Å². The quantitative estimate of drug-likeness (QED) is 0.886. The zero-order valence-corrected chi connectivity index (χ0v) is 11.1. The highest BCUT2D eigenvalue weighted by molar-refractivity contribution is 5.74. The van der Waals surface area contributed by atoms with Gasteiger partial charge in [-0.1, -0.05) is 0 Å². The van der Waals surface area contributed by atoms with Gasteiger partial charge in [0.15, 0.2) is 0 Å². The van der Waals surface area contributed by atoms with Crippen molar-refractivity contribution in [3.63, 3.8) is 0 Å². The van der Waals surface area contributed by atoms with E-state index in [0.717, 1.165) is 38.5 Å². The fourth-order valence-corrected chi connectivity index (χ4v) is 2.07. The van der Waals surface area contributed by atoms with E-state index in [4.69, 9.17) is 4.42 Å². The summed E-state index contributed by atoms with van der Waals surface area (Å²) in [6, 6.07) is 4.13. The second kappa shape index (κ2) is 5.91. The molecule has 2 amide bonds. The molecular formula is C13H21N3O2. The molecule has 0 atom stereocenters. The van der Waals surface area contributed by atoms with Gasteiger partial charge in [0.25, 0.3) is 0 Å². The Morgan fingerprint density at radius 1 is 1.39 bits per heavy atom. The number of furan rings is 1. The molecule has 5 nitrogen and oxygen atoms in total. The molecule has 0 spiro atoms. The van der Waals surface area contributed by atoms with Crippen LogP contribution < -0.4 is 5.32 Å². The highest BCUT2D eigenvalue weighted by Gasteiger charge is 2.21. The van der Waals surface area contributed by atoms with Crippen molar-refractivity contribution in [1.29, 1.82) is 0 Å². The van der Waals surface area contributed by atoms with Crippen LogP contribution >= 0.6 is 0 Å². The third-order valence-electron chi connectivity index (χ3n) is 3.03. The summed E-state index contributed by atoms with van der Waals surface area (Å²) in [5.74, 6) is 0.982. The van der Waals surface area contributed by atoms with Gasteiger partial charge >= 0.3 is 6.03 Å². The molecule has 1 aromatic rings. The van der Waals surface area contributed by atoms with Crippen LogP contribution in [0.3, 0.4) is 0 Å². The Balaban J connectivity index is 1.76. The SMILES string of the molecule is CC(C)NC(=O)N1CCN(Cc2ccco2)CC1. The number of urea groups is 1. The molecule has 0 bridgehead atoms. The molecule has 0 unspecified atom stereocenters. The van der Waals surface area contributed by atoms with Crippen molar-refractivity contribution in [3.8, 4) is 0 Å². The summed E-state index contributed by atoms with van der Waals surface area (Å²) in [5, 5.41) is 2.92. The molecule has 100 valence electrons. The number of nitrogens with one attached hydrogen (secondary N) is 1. The van der Waals surface area contributed by atoms with Crippen LogP contribution in [0.25, 0.3) is 0 Å². The van der Waals surface area contributed by atoms with Crippen molar-refractivity contribution in [1.82, 2.24) is 15.1 Å². The molecule has 2 heterocycles. The summed E-state index contributed by atoms with van der Waals surface area (Å²) < 4.78 is 5.33. The summed E-state index contributed by atoms with van der Waals surface area (Å²) in [4.78, 5) is 16.0. The Bertz CT molecular complexity index is 368. The van der Waals surface area contributed by atoms with Crippen molar-refractivity contribution >= 4 is 6.03 Å². The van der Waals surface area contributed by atoms with E-state index in [0.29, 0.717) is 0 Å². The summed E-state index contributed by atoms with van der Waals surface area (Å²) in [6.45, 7) is 8.12. The number of piperazine rings is 1. The van der Waals surface area contributed by atoms with E-state index >= 15 is 0 Å². The molecule has 1 N–H and O–H groups in total. The van der Waals surface area contributed by atoms with Crippen LogP contribution in [-0.4, -0.2) is 48.1 Å². The van der Waals surface area contributed by atoms with E-state index in [-0.39, 0.29) is 12.1 Å². The molecule has 0 aliphatic carbocycles. The number of amides is 2. The van der Waals surface area contributed by atoms with Gasteiger partial charge in [0, 0.05) is 32.2 Å². The molecule has 0 saturated carbocycles. The Morgan fingerprint density at radius 3 is 2.67 bits per heavy atom. The average Bonchev–Trinajstić information content (AvgIpc) is 2.82. The molecule has 5 heteroatoms. The lowest BCUT2D eigenvalue weighted by Crippen LogP contribution is -2.52. The van der Waals surface area contributed by atoms with E-state index in [9.17, 15) is 4.79 Å². The van der Waals surface area contributed by atoms with Crippen LogP contribution in [0.5, 0.6) is 0 Å². The van der Waals surface area contributed by atoms with Crippen LogP contribution in [0.2, 0.25) is 0 Å². The Morgan fingerprint density at radius 2 is 2.11 bits per heavy atom. The largest absolute Gasteiger partial charge is 0.468 e. The van der Waals surface area contributed by atoms with E-state index in [2.05, 4.69) is 10.2 Å². The third-order valence-corrected chi connectivity index (χ3v) is 3.03. The first kappa shape index (κ1) is 13.0. The van der Waals surface area contributed by atoms with E-state index in [1.54, 1.807) is 6.26 Å². The van der Waals surface area contributed by atoms with Crippen LogP contribution in [-0.2, 0) is 6.54 Å². The predicted octanol–water partition coefficient (Wildman–Crippen LogP) is 1.52. The fraction of sp³-hybridized carbons (Fsp3) is 0.615. The van der Waals surface area contributed by atoms with Gasteiger partial charge in [-0.15, -0.1) is 0 Å². The number of rotatable bonds is 3. The topological polar surface area (TPSA) is 48.7 Å². The fourth-order valence-electron chi connectivity index (χ4n) is 2.07. The van der Waals surface area contributed by atoms with Gasteiger partial charge in [-0.2, -0.15) is 0 Å². The number of hydrogen-bond donors (Lipinski definition) is 1. The first-order chi connectivity index (χ1) is 8.65. The molecular weight excluding hydrogens is 230 g/mol. The van der Waals surface area contributed by atoms with Crippen molar-refractivity contribution < 1.29 is 9.21 Å². The van der Waals surface area contributed by atoms with Crippen LogP contribution in [0.15, 0.2) is 22.8 Å². The standard InChI is InChI=1S/C13H21N3O2/c1-11(2)14-13(17)16-7-5-15(6-8-16)10-12-4-3-9-18-12/h3-4,9,11H,5-8,10H2,1-2H3,(H,14,17). The maximum atomic E-state index is 11.8.